The summed E-state index contributed by atoms with van der Waals surface area (Å²) in [6.07, 6.45) is 0.714. The van der Waals surface area contributed by atoms with E-state index in [9.17, 15) is 4.79 Å². The summed E-state index contributed by atoms with van der Waals surface area (Å²) in [5, 5.41) is -0.389. The molecular weight excluding hydrogens is 174 g/mol. The van der Waals surface area contributed by atoms with Gasteiger partial charge in [-0.2, -0.15) is 0 Å². The molecule has 2 nitrogen and oxygen atoms in total. The van der Waals surface area contributed by atoms with Crippen LogP contribution in [0.3, 0.4) is 0 Å². The number of carbonyl (C=O) groups is 1. The second-order valence-corrected chi connectivity index (χ2v) is 4.99. The van der Waals surface area contributed by atoms with Gasteiger partial charge in [-0.15, -0.1) is 11.6 Å². The zero-order valence-corrected chi connectivity index (χ0v) is 9.27. The van der Waals surface area contributed by atoms with E-state index in [1.165, 1.54) is 4.90 Å². The lowest BCUT2D eigenvalue weighted by Gasteiger charge is -2.23. The molecule has 0 aliphatic carbocycles. The smallest absolute Gasteiger partial charge is 0.240 e. The van der Waals surface area contributed by atoms with E-state index in [0.717, 1.165) is 0 Å². The van der Waals surface area contributed by atoms with Crippen LogP contribution in [0, 0.1) is 5.41 Å². The Morgan fingerprint density at radius 2 is 1.83 bits per heavy atom. The average molecular weight is 192 g/mol. The molecular formula is C9H18ClNO. The van der Waals surface area contributed by atoms with Crippen molar-refractivity contribution >= 4 is 17.5 Å². The summed E-state index contributed by atoms with van der Waals surface area (Å²) in [4.78, 5) is 12.8. The lowest BCUT2D eigenvalue weighted by Crippen LogP contribution is -2.32. The van der Waals surface area contributed by atoms with Crippen molar-refractivity contribution in [3.63, 3.8) is 0 Å². The van der Waals surface area contributed by atoms with Crippen molar-refractivity contribution in [1.82, 2.24) is 4.90 Å². The first-order valence-electron chi connectivity index (χ1n) is 4.09. The van der Waals surface area contributed by atoms with Crippen molar-refractivity contribution < 1.29 is 4.79 Å². The minimum Gasteiger partial charge on any atom is -0.348 e. The highest BCUT2D eigenvalue weighted by Gasteiger charge is 2.23. The molecule has 1 atom stereocenters. The van der Waals surface area contributed by atoms with Crippen LogP contribution >= 0.6 is 11.6 Å². The molecule has 1 amide bonds. The van der Waals surface area contributed by atoms with E-state index in [1.54, 1.807) is 14.1 Å². The van der Waals surface area contributed by atoms with E-state index in [2.05, 4.69) is 20.8 Å². The Morgan fingerprint density at radius 1 is 1.42 bits per heavy atom. The van der Waals surface area contributed by atoms with Crippen molar-refractivity contribution in [2.75, 3.05) is 14.1 Å². The van der Waals surface area contributed by atoms with Crippen molar-refractivity contribution in [3.8, 4) is 0 Å². The molecule has 0 fully saturated rings. The zero-order chi connectivity index (χ0) is 9.94. The van der Waals surface area contributed by atoms with Crippen molar-refractivity contribution in [2.45, 2.75) is 32.6 Å². The minimum absolute atomic E-state index is 0.00779. The van der Waals surface area contributed by atoms with Gasteiger partial charge in [0.15, 0.2) is 0 Å². The first kappa shape index (κ1) is 11.8. The Balaban J connectivity index is 4.05. The molecule has 0 aromatic heterocycles. The number of amides is 1. The minimum atomic E-state index is -0.389. The van der Waals surface area contributed by atoms with E-state index in [-0.39, 0.29) is 16.7 Å². The largest absolute Gasteiger partial charge is 0.348 e. The van der Waals surface area contributed by atoms with Gasteiger partial charge in [-0.05, 0) is 11.8 Å². The fourth-order valence-corrected chi connectivity index (χ4v) is 1.56. The standard InChI is InChI=1S/C9H18ClNO/c1-9(2,3)6-7(10)8(12)11(4)5/h7H,6H2,1-5H3. The lowest BCUT2D eigenvalue weighted by atomic mass is 9.90. The molecule has 0 spiro atoms. The van der Waals surface area contributed by atoms with Gasteiger partial charge in [-0.25, -0.2) is 0 Å². The Hall–Kier alpha value is -0.240. The third kappa shape index (κ3) is 4.60. The van der Waals surface area contributed by atoms with E-state index < -0.39 is 0 Å². The maximum Gasteiger partial charge on any atom is 0.240 e. The molecule has 0 N–H and O–H groups in total. The highest BCUT2D eigenvalue weighted by atomic mass is 35.5. The summed E-state index contributed by atoms with van der Waals surface area (Å²) in [6, 6.07) is 0. The van der Waals surface area contributed by atoms with Gasteiger partial charge in [-0.1, -0.05) is 20.8 Å². The predicted molar refractivity (Wildman–Crippen MR) is 52.4 cm³/mol. The van der Waals surface area contributed by atoms with Crippen LogP contribution in [0.5, 0.6) is 0 Å². The fraction of sp³-hybridized carbons (Fsp3) is 0.889. The molecule has 0 aromatic rings. The normalized spacial score (nSPS) is 14.2. The molecule has 0 aliphatic heterocycles. The van der Waals surface area contributed by atoms with Gasteiger partial charge in [0, 0.05) is 14.1 Å². The van der Waals surface area contributed by atoms with Gasteiger partial charge < -0.3 is 4.90 Å². The van der Waals surface area contributed by atoms with E-state index >= 15 is 0 Å². The SMILES string of the molecule is CN(C)C(=O)C(Cl)CC(C)(C)C. The zero-order valence-electron chi connectivity index (χ0n) is 8.52. The Morgan fingerprint density at radius 3 is 2.08 bits per heavy atom. The molecule has 12 heavy (non-hydrogen) atoms. The molecule has 0 heterocycles. The van der Waals surface area contributed by atoms with Gasteiger partial charge in [0.25, 0.3) is 0 Å². The third-order valence-electron chi connectivity index (χ3n) is 1.50. The average Bonchev–Trinajstić information content (AvgIpc) is 1.82. The summed E-state index contributed by atoms with van der Waals surface area (Å²) in [5.41, 5.74) is 0.109. The number of carbonyl (C=O) groups excluding carboxylic acids is 1. The van der Waals surface area contributed by atoms with Crippen molar-refractivity contribution in [2.24, 2.45) is 5.41 Å². The van der Waals surface area contributed by atoms with Crippen molar-refractivity contribution in [1.29, 1.82) is 0 Å². The van der Waals surface area contributed by atoms with Crippen LogP contribution < -0.4 is 0 Å². The Kier molecular flexibility index (Phi) is 4.04. The second-order valence-electron chi connectivity index (χ2n) is 4.46. The third-order valence-corrected chi connectivity index (χ3v) is 1.84. The van der Waals surface area contributed by atoms with E-state index in [1.807, 2.05) is 0 Å². The predicted octanol–water partition coefficient (Wildman–Crippen LogP) is 2.12. The summed E-state index contributed by atoms with van der Waals surface area (Å²) in [6.45, 7) is 6.22. The van der Waals surface area contributed by atoms with Crippen LogP contribution in [0.2, 0.25) is 0 Å². The number of hydrogen-bond acceptors (Lipinski definition) is 1. The second kappa shape index (κ2) is 4.13. The Labute approximate surface area is 79.9 Å². The fourth-order valence-electron chi connectivity index (χ4n) is 0.905. The summed E-state index contributed by atoms with van der Waals surface area (Å²) in [7, 11) is 3.45. The number of hydrogen-bond donors (Lipinski definition) is 0. The van der Waals surface area contributed by atoms with Crippen LogP contribution in [0.25, 0.3) is 0 Å². The quantitative estimate of drug-likeness (QED) is 0.613. The maximum absolute atomic E-state index is 11.3. The lowest BCUT2D eigenvalue weighted by molar-refractivity contribution is -0.128. The topological polar surface area (TPSA) is 20.3 Å². The molecule has 0 aliphatic rings. The monoisotopic (exact) mass is 191 g/mol. The summed E-state index contributed by atoms with van der Waals surface area (Å²) in [5.74, 6) is -0.00779. The molecule has 0 rings (SSSR count). The maximum atomic E-state index is 11.3. The number of rotatable bonds is 2. The van der Waals surface area contributed by atoms with Gasteiger partial charge in [0.2, 0.25) is 5.91 Å². The molecule has 1 unspecified atom stereocenters. The first-order valence-corrected chi connectivity index (χ1v) is 4.53. The van der Waals surface area contributed by atoms with Crippen LogP contribution in [0.1, 0.15) is 27.2 Å². The van der Waals surface area contributed by atoms with Gasteiger partial charge in [0.05, 0.1) is 0 Å². The van der Waals surface area contributed by atoms with Gasteiger partial charge in [-0.3, -0.25) is 4.79 Å². The summed E-state index contributed by atoms with van der Waals surface area (Å²) < 4.78 is 0. The van der Waals surface area contributed by atoms with E-state index in [0.29, 0.717) is 6.42 Å². The molecule has 0 aromatic carbocycles. The van der Waals surface area contributed by atoms with E-state index in [4.69, 9.17) is 11.6 Å². The first-order chi connectivity index (χ1) is 5.24. The number of alkyl halides is 1. The summed E-state index contributed by atoms with van der Waals surface area (Å²) >= 11 is 5.92. The molecule has 72 valence electrons. The number of halogens is 1. The highest BCUT2D eigenvalue weighted by Crippen LogP contribution is 2.24. The molecule has 0 bridgehead atoms. The molecule has 3 heteroatoms. The highest BCUT2D eigenvalue weighted by molar-refractivity contribution is 6.30. The number of nitrogens with zero attached hydrogens (tertiary/aromatic N) is 1. The molecule has 0 radical (unpaired) electrons. The van der Waals surface area contributed by atoms with Crippen LogP contribution in [0.4, 0.5) is 0 Å². The Bertz CT molecular complexity index is 160. The molecule has 0 saturated carbocycles. The van der Waals surface area contributed by atoms with Crippen LogP contribution in [-0.4, -0.2) is 30.3 Å². The molecule has 0 saturated heterocycles. The van der Waals surface area contributed by atoms with Gasteiger partial charge in [0.1, 0.15) is 5.38 Å². The van der Waals surface area contributed by atoms with Crippen LogP contribution in [-0.2, 0) is 4.79 Å². The van der Waals surface area contributed by atoms with Crippen LogP contribution in [0.15, 0.2) is 0 Å². The van der Waals surface area contributed by atoms with Gasteiger partial charge >= 0.3 is 0 Å². The van der Waals surface area contributed by atoms with Crippen molar-refractivity contribution in [3.05, 3.63) is 0 Å².